The van der Waals surface area contributed by atoms with Crippen molar-refractivity contribution in [3.05, 3.63) is 39.3 Å². The van der Waals surface area contributed by atoms with E-state index in [-0.39, 0.29) is 11.6 Å². The first-order chi connectivity index (χ1) is 7.79. The molecule has 1 unspecified atom stereocenters. The van der Waals surface area contributed by atoms with Crippen LogP contribution in [0.3, 0.4) is 0 Å². The third-order valence-electron chi connectivity index (χ3n) is 2.16. The Hall–Kier alpha value is -1.69. The number of rotatable bonds is 4. The van der Waals surface area contributed by atoms with E-state index in [0.29, 0.717) is 5.82 Å². The lowest BCUT2D eigenvalue weighted by atomic mass is 10.2. The van der Waals surface area contributed by atoms with Crippen LogP contribution >= 0.6 is 11.3 Å². The highest BCUT2D eigenvalue weighted by molar-refractivity contribution is 7.09. The average Bonchev–Trinajstić information content (AvgIpc) is 2.79. The van der Waals surface area contributed by atoms with Crippen molar-refractivity contribution in [1.82, 2.24) is 15.0 Å². The number of hydrogen-bond donors (Lipinski definition) is 2. The number of anilines is 1. The summed E-state index contributed by atoms with van der Waals surface area (Å²) in [5, 5.41) is 6.13. The third-order valence-corrected chi connectivity index (χ3v) is 3.05. The van der Waals surface area contributed by atoms with Crippen molar-refractivity contribution in [2.75, 3.05) is 5.32 Å². The number of thiazole rings is 1. The Morgan fingerprint density at radius 2 is 2.44 bits per heavy atom. The van der Waals surface area contributed by atoms with E-state index in [0.717, 1.165) is 11.4 Å². The smallest absolute Gasteiger partial charge is 0.252 e. The quantitative estimate of drug-likeness (QED) is 0.849. The van der Waals surface area contributed by atoms with Gasteiger partial charge in [-0.05, 0) is 6.42 Å². The van der Waals surface area contributed by atoms with E-state index in [2.05, 4.69) is 27.2 Å². The first kappa shape index (κ1) is 10.8. The van der Waals surface area contributed by atoms with Gasteiger partial charge < -0.3 is 10.3 Å². The molecule has 2 rings (SSSR count). The predicted octanol–water partition coefficient (Wildman–Crippen LogP) is 1.79. The van der Waals surface area contributed by atoms with Gasteiger partial charge in [-0.1, -0.05) is 6.92 Å². The van der Waals surface area contributed by atoms with Crippen LogP contribution in [0.1, 0.15) is 24.4 Å². The van der Waals surface area contributed by atoms with Crippen molar-refractivity contribution < 1.29 is 0 Å². The van der Waals surface area contributed by atoms with Crippen LogP contribution in [0.25, 0.3) is 0 Å². The monoisotopic (exact) mass is 236 g/mol. The van der Waals surface area contributed by atoms with Gasteiger partial charge in [0.15, 0.2) is 0 Å². The second-order valence-electron chi connectivity index (χ2n) is 3.27. The van der Waals surface area contributed by atoms with Crippen LogP contribution in [0.4, 0.5) is 5.82 Å². The molecule has 2 N–H and O–H groups in total. The van der Waals surface area contributed by atoms with Gasteiger partial charge in [0.25, 0.3) is 5.56 Å². The van der Waals surface area contributed by atoms with Crippen molar-refractivity contribution >= 4 is 17.2 Å². The van der Waals surface area contributed by atoms with Crippen molar-refractivity contribution in [3.8, 4) is 0 Å². The van der Waals surface area contributed by atoms with E-state index < -0.39 is 0 Å². The van der Waals surface area contributed by atoms with Gasteiger partial charge in [-0.3, -0.25) is 4.79 Å². The summed E-state index contributed by atoms with van der Waals surface area (Å²) in [4.78, 5) is 21.9. The Balaban J connectivity index is 2.16. The minimum atomic E-state index is -0.161. The molecule has 16 heavy (non-hydrogen) atoms. The van der Waals surface area contributed by atoms with Gasteiger partial charge >= 0.3 is 0 Å². The molecule has 0 fully saturated rings. The zero-order valence-electron chi connectivity index (χ0n) is 8.80. The number of aromatic nitrogens is 3. The summed E-state index contributed by atoms with van der Waals surface area (Å²) in [6.07, 6.45) is 4.05. The van der Waals surface area contributed by atoms with Gasteiger partial charge in [0, 0.05) is 17.6 Å². The maximum absolute atomic E-state index is 11.1. The molecule has 1 atom stereocenters. The second-order valence-corrected chi connectivity index (χ2v) is 4.20. The minimum Gasteiger partial charge on any atom is -0.361 e. The summed E-state index contributed by atoms with van der Waals surface area (Å²) >= 11 is 1.59. The van der Waals surface area contributed by atoms with Crippen molar-refractivity contribution in [2.45, 2.75) is 19.4 Å². The van der Waals surface area contributed by atoms with Crippen LogP contribution < -0.4 is 10.9 Å². The lowest BCUT2D eigenvalue weighted by Crippen LogP contribution is -2.13. The normalized spacial score (nSPS) is 12.3. The largest absolute Gasteiger partial charge is 0.361 e. The summed E-state index contributed by atoms with van der Waals surface area (Å²) in [6.45, 7) is 2.06. The Bertz CT molecular complexity index is 494. The number of nitrogens with zero attached hydrogens (tertiary/aromatic N) is 2. The topological polar surface area (TPSA) is 70.7 Å². The second kappa shape index (κ2) is 4.89. The molecule has 0 bridgehead atoms. The summed E-state index contributed by atoms with van der Waals surface area (Å²) in [5.41, 5.74) is -0.161. The molecule has 0 amide bonds. The Morgan fingerprint density at radius 1 is 1.56 bits per heavy atom. The van der Waals surface area contributed by atoms with Gasteiger partial charge in [-0.25, -0.2) is 9.97 Å². The molecule has 0 radical (unpaired) electrons. The Labute approximate surface area is 96.6 Å². The average molecular weight is 236 g/mol. The molecule has 6 heteroatoms. The first-order valence-corrected chi connectivity index (χ1v) is 5.88. The summed E-state index contributed by atoms with van der Waals surface area (Å²) in [5.74, 6) is 0.575. The molecule has 0 saturated heterocycles. The number of H-pyrrole nitrogens is 1. The molecule has 5 nitrogen and oxygen atoms in total. The fourth-order valence-electron chi connectivity index (χ4n) is 1.37. The van der Waals surface area contributed by atoms with Gasteiger partial charge in [-0.2, -0.15) is 0 Å². The maximum atomic E-state index is 11.1. The highest BCUT2D eigenvalue weighted by atomic mass is 32.1. The van der Waals surface area contributed by atoms with E-state index in [1.165, 1.54) is 12.4 Å². The zero-order valence-corrected chi connectivity index (χ0v) is 9.62. The third kappa shape index (κ3) is 2.46. The summed E-state index contributed by atoms with van der Waals surface area (Å²) in [6, 6.07) is 1.55. The van der Waals surface area contributed by atoms with E-state index in [4.69, 9.17) is 0 Å². The van der Waals surface area contributed by atoms with Crippen LogP contribution in [-0.4, -0.2) is 15.0 Å². The molecule has 0 aliphatic rings. The number of hydrogen-bond acceptors (Lipinski definition) is 5. The fraction of sp³-hybridized carbons (Fsp3) is 0.300. The lowest BCUT2D eigenvalue weighted by molar-refractivity contribution is 0.736. The molecule has 0 aliphatic carbocycles. The van der Waals surface area contributed by atoms with Crippen molar-refractivity contribution in [3.63, 3.8) is 0 Å². The molecule has 2 aromatic heterocycles. The highest BCUT2D eigenvalue weighted by Crippen LogP contribution is 2.22. The standard InChI is InChI=1S/C10H12N4OS/c1-2-7(10-11-3-4-16-10)14-8-5-9(15)13-6-12-8/h3-7H,2H2,1H3,(H2,12,13,14,15). The van der Waals surface area contributed by atoms with Crippen LogP contribution in [0.15, 0.2) is 28.8 Å². The molecule has 0 saturated carbocycles. The van der Waals surface area contributed by atoms with Crippen LogP contribution in [0.2, 0.25) is 0 Å². The molecule has 0 aliphatic heterocycles. The summed E-state index contributed by atoms with van der Waals surface area (Å²) in [7, 11) is 0. The van der Waals surface area contributed by atoms with Gasteiger partial charge in [0.2, 0.25) is 0 Å². The molecule has 2 aromatic rings. The number of aromatic amines is 1. The molecule has 0 aromatic carbocycles. The van der Waals surface area contributed by atoms with Gasteiger partial charge in [0.1, 0.15) is 10.8 Å². The number of nitrogens with one attached hydrogen (secondary N) is 2. The van der Waals surface area contributed by atoms with Crippen LogP contribution in [0, 0.1) is 0 Å². The van der Waals surface area contributed by atoms with Gasteiger partial charge in [0.05, 0.1) is 12.4 Å². The fourth-order valence-corrected chi connectivity index (χ4v) is 2.14. The predicted molar refractivity (Wildman–Crippen MR) is 63.6 cm³/mol. The molecule has 84 valence electrons. The zero-order chi connectivity index (χ0) is 11.4. The van der Waals surface area contributed by atoms with Crippen molar-refractivity contribution in [2.24, 2.45) is 0 Å². The molecular weight excluding hydrogens is 224 g/mol. The first-order valence-electron chi connectivity index (χ1n) is 5.00. The van der Waals surface area contributed by atoms with E-state index in [1.54, 1.807) is 17.5 Å². The maximum Gasteiger partial charge on any atom is 0.252 e. The van der Waals surface area contributed by atoms with E-state index in [1.807, 2.05) is 5.38 Å². The Morgan fingerprint density at radius 3 is 3.06 bits per heavy atom. The summed E-state index contributed by atoms with van der Waals surface area (Å²) < 4.78 is 0. The highest BCUT2D eigenvalue weighted by Gasteiger charge is 2.11. The van der Waals surface area contributed by atoms with Crippen LogP contribution in [-0.2, 0) is 0 Å². The van der Waals surface area contributed by atoms with E-state index >= 15 is 0 Å². The van der Waals surface area contributed by atoms with Gasteiger partial charge in [-0.15, -0.1) is 11.3 Å². The SMILES string of the molecule is CCC(Nc1cc(=O)[nH]cn1)c1nccs1. The Kier molecular flexibility index (Phi) is 3.31. The molecule has 2 heterocycles. The van der Waals surface area contributed by atoms with Crippen molar-refractivity contribution in [1.29, 1.82) is 0 Å². The van der Waals surface area contributed by atoms with Crippen LogP contribution in [0.5, 0.6) is 0 Å². The van der Waals surface area contributed by atoms with E-state index in [9.17, 15) is 4.79 Å². The minimum absolute atomic E-state index is 0.106. The lowest BCUT2D eigenvalue weighted by Gasteiger charge is -2.14. The molecule has 0 spiro atoms. The molecular formula is C10H12N4OS.